The van der Waals surface area contributed by atoms with Gasteiger partial charge >= 0.3 is 5.97 Å². The number of hydrogen-bond acceptors (Lipinski definition) is 6. The van der Waals surface area contributed by atoms with Crippen molar-refractivity contribution in [3.63, 3.8) is 0 Å². The van der Waals surface area contributed by atoms with Crippen LogP contribution in [0.25, 0.3) is 11.0 Å². The van der Waals surface area contributed by atoms with E-state index < -0.39 is 17.9 Å². The lowest BCUT2D eigenvalue weighted by Crippen LogP contribution is -2.50. The molecule has 174 valence electrons. The first-order valence-corrected chi connectivity index (χ1v) is 11.3. The summed E-state index contributed by atoms with van der Waals surface area (Å²) in [6.45, 7) is 5.16. The number of aromatic nitrogens is 2. The summed E-state index contributed by atoms with van der Waals surface area (Å²) in [5.74, 6) is -0.820. The summed E-state index contributed by atoms with van der Waals surface area (Å²) in [6.07, 6.45) is 0.612. The van der Waals surface area contributed by atoms with Crippen molar-refractivity contribution in [1.29, 1.82) is 0 Å². The molecule has 8 nitrogen and oxygen atoms in total. The summed E-state index contributed by atoms with van der Waals surface area (Å²) in [5.41, 5.74) is 2.33. The number of esters is 1. The zero-order valence-corrected chi connectivity index (χ0v) is 19.2. The topological polar surface area (TPSA) is 82.9 Å². The van der Waals surface area contributed by atoms with Gasteiger partial charge in [-0.3, -0.25) is 14.5 Å². The molecule has 4 rings (SSSR count). The number of benzene rings is 2. The van der Waals surface area contributed by atoms with E-state index in [0.29, 0.717) is 37.9 Å². The van der Waals surface area contributed by atoms with Gasteiger partial charge in [0.05, 0.1) is 30.3 Å². The minimum Gasteiger partial charge on any atom is -0.494 e. The van der Waals surface area contributed by atoms with E-state index in [4.69, 9.17) is 19.2 Å². The van der Waals surface area contributed by atoms with Gasteiger partial charge in [-0.15, -0.1) is 0 Å². The van der Waals surface area contributed by atoms with Crippen molar-refractivity contribution in [3.05, 3.63) is 54.1 Å². The van der Waals surface area contributed by atoms with Gasteiger partial charge in [-0.1, -0.05) is 30.3 Å². The highest BCUT2D eigenvalue weighted by Crippen LogP contribution is 2.43. The van der Waals surface area contributed by atoms with Gasteiger partial charge in [0, 0.05) is 25.8 Å². The number of fused-ring (bicyclic) bond motifs is 3. The highest BCUT2D eigenvalue weighted by atomic mass is 16.5. The summed E-state index contributed by atoms with van der Waals surface area (Å²) >= 11 is 0. The predicted molar refractivity (Wildman–Crippen MR) is 124 cm³/mol. The van der Waals surface area contributed by atoms with Crippen LogP contribution < -0.4 is 9.64 Å². The van der Waals surface area contributed by atoms with Crippen LogP contribution in [0, 0.1) is 5.92 Å². The molecule has 2 heterocycles. The maximum Gasteiger partial charge on any atom is 0.321 e. The summed E-state index contributed by atoms with van der Waals surface area (Å²) in [6, 6.07) is 14.6. The second kappa shape index (κ2) is 10.0. The van der Waals surface area contributed by atoms with Gasteiger partial charge in [-0.25, -0.2) is 4.98 Å². The molecule has 1 aliphatic rings. The fourth-order valence-corrected chi connectivity index (χ4v) is 4.42. The molecule has 0 saturated heterocycles. The number of nitrogens with zero attached hydrogens (tertiary/aromatic N) is 3. The molecule has 8 heteroatoms. The molecule has 2 atom stereocenters. The molecule has 1 aromatic heterocycles. The zero-order chi connectivity index (χ0) is 23.4. The van der Waals surface area contributed by atoms with E-state index in [9.17, 15) is 9.59 Å². The maximum absolute atomic E-state index is 13.8. The Morgan fingerprint density at radius 1 is 1.06 bits per heavy atom. The van der Waals surface area contributed by atoms with E-state index >= 15 is 0 Å². The van der Waals surface area contributed by atoms with Crippen molar-refractivity contribution in [2.75, 3.05) is 38.4 Å². The molecule has 0 aliphatic carbocycles. The molecular weight excluding hydrogens is 422 g/mol. The first-order chi connectivity index (χ1) is 16.1. The van der Waals surface area contributed by atoms with Gasteiger partial charge in [-0.2, -0.15) is 0 Å². The molecule has 1 aliphatic heterocycles. The van der Waals surface area contributed by atoms with Gasteiger partial charge in [-0.05, 0) is 38.5 Å². The third kappa shape index (κ3) is 4.18. The summed E-state index contributed by atoms with van der Waals surface area (Å²) in [7, 11) is 1.62. The molecular formula is C25H29N3O5. The Balaban J connectivity index is 1.96. The minimum absolute atomic E-state index is 0.184. The molecule has 0 spiro atoms. The number of para-hydroxylation sites is 3. The molecule has 33 heavy (non-hydrogen) atoms. The monoisotopic (exact) mass is 451 g/mol. The van der Waals surface area contributed by atoms with E-state index in [1.165, 1.54) is 0 Å². The Kier molecular flexibility index (Phi) is 6.93. The predicted octanol–water partition coefficient (Wildman–Crippen LogP) is 3.59. The smallest absolute Gasteiger partial charge is 0.321 e. The van der Waals surface area contributed by atoms with E-state index in [0.717, 1.165) is 16.6 Å². The van der Waals surface area contributed by atoms with Crippen molar-refractivity contribution in [1.82, 2.24) is 9.55 Å². The average molecular weight is 452 g/mol. The second-order valence-corrected chi connectivity index (χ2v) is 7.75. The van der Waals surface area contributed by atoms with Gasteiger partial charge in [0.1, 0.15) is 5.75 Å². The van der Waals surface area contributed by atoms with Crippen LogP contribution in [0.2, 0.25) is 0 Å². The molecule has 0 radical (unpaired) electrons. The van der Waals surface area contributed by atoms with Gasteiger partial charge < -0.3 is 18.8 Å². The SMILES string of the molecule is CCOC(=O)[C@@H]1C(=O)N(CCCOC)c2nc3ccccc3n2[C@@H]1c1ccccc1OCC. The van der Waals surface area contributed by atoms with Crippen LogP contribution in [0.4, 0.5) is 5.95 Å². The van der Waals surface area contributed by atoms with Crippen LogP contribution in [0.3, 0.4) is 0 Å². The first kappa shape index (κ1) is 22.8. The van der Waals surface area contributed by atoms with Crippen LogP contribution in [-0.2, 0) is 19.1 Å². The maximum atomic E-state index is 13.8. The van der Waals surface area contributed by atoms with Crippen molar-refractivity contribution in [3.8, 4) is 5.75 Å². The van der Waals surface area contributed by atoms with E-state index in [1.54, 1.807) is 18.9 Å². The van der Waals surface area contributed by atoms with E-state index in [-0.39, 0.29) is 12.5 Å². The summed E-state index contributed by atoms with van der Waals surface area (Å²) in [5, 5.41) is 0. The third-order valence-electron chi connectivity index (χ3n) is 5.75. The number of methoxy groups -OCH3 is 1. The normalized spacial score (nSPS) is 17.8. The number of amides is 1. The molecule has 0 N–H and O–H groups in total. The third-order valence-corrected chi connectivity index (χ3v) is 5.75. The number of imidazole rings is 1. The lowest BCUT2D eigenvalue weighted by Gasteiger charge is -2.38. The molecule has 2 aromatic carbocycles. The highest BCUT2D eigenvalue weighted by Gasteiger charge is 2.48. The molecule has 0 bridgehead atoms. The van der Waals surface area contributed by atoms with Crippen LogP contribution in [0.5, 0.6) is 5.75 Å². The Morgan fingerprint density at radius 2 is 1.82 bits per heavy atom. The van der Waals surface area contributed by atoms with Gasteiger partial charge in [0.15, 0.2) is 5.92 Å². The van der Waals surface area contributed by atoms with Crippen LogP contribution in [-0.4, -0.2) is 54.9 Å². The molecule has 3 aromatic rings. The Labute approximate surface area is 193 Å². The standard InChI is InChI=1S/C25H29N3O5/c1-4-32-20-14-9-6-11-17(20)22-21(24(30)33-5-2)23(29)27(15-10-16-31-3)25-26-18-12-7-8-13-19(18)28(22)25/h6-9,11-14,21-22H,4-5,10,15-16H2,1-3H3/t21-,22+/m0/s1. The van der Waals surface area contributed by atoms with Crippen molar-refractivity contribution >= 4 is 28.9 Å². The molecule has 0 saturated carbocycles. The van der Waals surface area contributed by atoms with Crippen molar-refractivity contribution in [2.45, 2.75) is 26.3 Å². The number of ether oxygens (including phenoxy) is 3. The highest BCUT2D eigenvalue weighted by molar-refractivity contribution is 6.08. The number of rotatable bonds is 9. The second-order valence-electron chi connectivity index (χ2n) is 7.75. The Hall–Kier alpha value is -3.39. The summed E-state index contributed by atoms with van der Waals surface area (Å²) in [4.78, 5) is 33.4. The largest absolute Gasteiger partial charge is 0.494 e. The summed E-state index contributed by atoms with van der Waals surface area (Å²) < 4.78 is 18.5. The fraction of sp³-hybridized carbons (Fsp3) is 0.400. The number of hydrogen-bond donors (Lipinski definition) is 0. The fourth-order valence-electron chi connectivity index (χ4n) is 4.42. The van der Waals surface area contributed by atoms with Crippen LogP contribution in [0.15, 0.2) is 48.5 Å². The van der Waals surface area contributed by atoms with Crippen molar-refractivity contribution in [2.24, 2.45) is 5.92 Å². The molecule has 0 unspecified atom stereocenters. The van der Waals surface area contributed by atoms with Crippen LogP contribution in [0.1, 0.15) is 31.9 Å². The van der Waals surface area contributed by atoms with E-state index in [2.05, 4.69) is 0 Å². The lowest BCUT2D eigenvalue weighted by molar-refractivity contribution is -0.153. The minimum atomic E-state index is -1.07. The number of carbonyl (C=O) groups is 2. The quantitative estimate of drug-likeness (QED) is 0.281. The van der Waals surface area contributed by atoms with Gasteiger partial charge in [0.2, 0.25) is 11.9 Å². The Bertz CT molecular complexity index is 1140. The lowest BCUT2D eigenvalue weighted by atomic mass is 9.88. The first-order valence-electron chi connectivity index (χ1n) is 11.3. The van der Waals surface area contributed by atoms with Crippen LogP contribution >= 0.6 is 0 Å². The Morgan fingerprint density at radius 3 is 2.58 bits per heavy atom. The van der Waals surface area contributed by atoms with E-state index in [1.807, 2.05) is 60.0 Å². The van der Waals surface area contributed by atoms with Gasteiger partial charge in [0.25, 0.3) is 0 Å². The number of carbonyl (C=O) groups excluding carboxylic acids is 2. The number of anilines is 1. The zero-order valence-electron chi connectivity index (χ0n) is 19.2. The van der Waals surface area contributed by atoms with Crippen molar-refractivity contribution < 1.29 is 23.8 Å². The molecule has 0 fully saturated rings. The average Bonchev–Trinajstić information content (AvgIpc) is 3.20. The molecule has 1 amide bonds.